The summed E-state index contributed by atoms with van der Waals surface area (Å²) in [6.45, 7) is 9.05. The van der Waals surface area contributed by atoms with Gasteiger partial charge in [0.25, 0.3) is 0 Å². The van der Waals surface area contributed by atoms with E-state index in [9.17, 15) is 14.3 Å². The summed E-state index contributed by atoms with van der Waals surface area (Å²) in [5, 5.41) is 10.1. The first-order valence-corrected chi connectivity index (χ1v) is 7.49. The highest BCUT2D eigenvalue weighted by Crippen LogP contribution is 2.31. The third-order valence-electron chi connectivity index (χ3n) is 4.28. The maximum Gasteiger partial charge on any atom is 0.309 e. The van der Waals surface area contributed by atoms with Gasteiger partial charge in [0.05, 0.1) is 10.9 Å². The molecule has 1 aromatic carbocycles. The predicted octanol–water partition coefficient (Wildman–Crippen LogP) is 4.21. The van der Waals surface area contributed by atoms with Crippen LogP contribution in [-0.4, -0.2) is 16.1 Å². The number of nitrogens with zero attached hydrogens (tertiary/aromatic N) is 1. The van der Waals surface area contributed by atoms with Gasteiger partial charge in [0.1, 0.15) is 5.82 Å². The maximum atomic E-state index is 14.0. The molecule has 0 aliphatic heterocycles. The van der Waals surface area contributed by atoms with Crippen LogP contribution in [0.25, 0.3) is 10.9 Å². The van der Waals surface area contributed by atoms with Crippen LogP contribution in [0.1, 0.15) is 43.2 Å². The molecule has 0 bridgehead atoms. The largest absolute Gasteiger partial charge is 0.481 e. The van der Waals surface area contributed by atoms with E-state index < -0.39 is 11.4 Å². The van der Waals surface area contributed by atoms with Gasteiger partial charge in [0.2, 0.25) is 0 Å². The Balaban J connectivity index is 2.76. The average molecular weight is 303 g/mol. The summed E-state index contributed by atoms with van der Waals surface area (Å²) >= 11 is 0. The van der Waals surface area contributed by atoms with Crippen molar-refractivity contribution in [2.75, 3.05) is 0 Å². The Bertz CT molecular complexity index is 751. The highest BCUT2D eigenvalue weighted by Gasteiger charge is 2.29. The molecule has 22 heavy (non-hydrogen) atoms. The van der Waals surface area contributed by atoms with E-state index in [1.165, 1.54) is 6.07 Å². The van der Waals surface area contributed by atoms with Gasteiger partial charge in [-0.15, -0.1) is 0 Å². The van der Waals surface area contributed by atoms with Crippen molar-refractivity contribution in [1.82, 2.24) is 4.98 Å². The van der Waals surface area contributed by atoms with Crippen molar-refractivity contribution in [3.05, 3.63) is 40.3 Å². The number of hydrogen-bond acceptors (Lipinski definition) is 2. The quantitative estimate of drug-likeness (QED) is 0.920. The van der Waals surface area contributed by atoms with Crippen molar-refractivity contribution in [3.8, 4) is 0 Å². The predicted molar refractivity (Wildman–Crippen MR) is 85.7 cm³/mol. The van der Waals surface area contributed by atoms with E-state index in [0.717, 1.165) is 28.8 Å². The summed E-state index contributed by atoms with van der Waals surface area (Å²) < 4.78 is 14.0. The van der Waals surface area contributed by atoms with Gasteiger partial charge in [0.15, 0.2) is 0 Å². The number of carboxylic acid groups (broad SMARTS) is 1. The normalized spacial score (nSPS) is 11.9. The number of aliphatic carboxylic acids is 1. The van der Waals surface area contributed by atoms with Gasteiger partial charge < -0.3 is 5.11 Å². The summed E-state index contributed by atoms with van der Waals surface area (Å²) in [5.74, 6) is -1.14. The molecular formula is C18H22FNO2. The average Bonchev–Trinajstić information content (AvgIpc) is 2.43. The third kappa shape index (κ3) is 2.82. The van der Waals surface area contributed by atoms with Crippen molar-refractivity contribution in [1.29, 1.82) is 0 Å². The summed E-state index contributed by atoms with van der Waals surface area (Å²) in [5.41, 5.74) is 3.16. The van der Waals surface area contributed by atoms with Crippen molar-refractivity contribution >= 4 is 16.9 Å². The lowest BCUT2D eigenvalue weighted by atomic mass is 9.82. The monoisotopic (exact) mass is 303 g/mol. The molecule has 3 nitrogen and oxygen atoms in total. The molecule has 0 saturated carbocycles. The zero-order valence-corrected chi connectivity index (χ0v) is 13.7. The number of carboxylic acids is 1. The minimum atomic E-state index is -0.911. The van der Waals surface area contributed by atoms with Crippen LogP contribution in [-0.2, 0) is 17.6 Å². The van der Waals surface area contributed by atoms with Gasteiger partial charge in [-0.2, -0.15) is 0 Å². The molecule has 0 fully saturated rings. The van der Waals surface area contributed by atoms with Crippen LogP contribution in [0.4, 0.5) is 4.39 Å². The van der Waals surface area contributed by atoms with Crippen molar-refractivity contribution < 1.29 is 14.3 Å². The minimum absolute atomic E-state index is 0.285. The third-order valence-corrected chi connectivity index (χ3v) is 4.28. The molecule has 1 aromatic heterocycles. The molecule has 0 unspecified atom stereocenters. The number of rotatable bonds is 4. The van der Waals surface area contributed by atoms with Crippen LogP contribution < -0.4 is 0 Å². The van der Waals surface area contributed by atoms with Gasteiger partial charge in [-0.05, 0) is 69.4 Å². The van der Waals surface area contributed by atoms with E-state index in [1.54, 1.807) is 26.8 Å². The zero-order chi connectivity index (χ0) is 16.7. The van der Waals surface area contributed by atoms with Gasteiger partial charge in [-0.1, -0.05) is 6.92 Å². The topological polar surface area (TPSA) is 50.2 Å². The minimum Gasteiger partial charge on any atom is -0.481 e. The molecule has 0 saturated heterocycles. The number of pyridine rings is 1. The zero-order valence-electron chi connectivity index (χ0n) is 13.7. The molecule has 0 aliphatic carbocycles. The molecule has 2 aromatic rings. The van der Waals surface area contributed by atoms with Crippen LogP contribution in [0.5, 0.6) is 0 Å². The molecule has 0 atom stereocenters. The fraction of sp³-hybridized carbons (Fsp3) is 0.444. The van der Waals surface area contributed by atoms with E-state index in [1.807, 2.05) is 13.8 Å². The molecule has 1 heterocycles. The fourth-order valence-electron chi connectivity index (χ4n) is 2.70. The molecule has 0 spiro atoms. The lowest BCUT2D eigenvalue weighted by molar-refractivity contribution is -0.146. The van der Waals surface area contributed by atoms with Gasteiger partial charge in [-0.25, -0.2) is 4.39 Å². The van der Waals surface area contributed by atoms with Crippen LogP contribution in [0.3, 0.4) is 0 Å². The number of benzene rings is 1. The van der Waals surface area contributed by atoms with E-state index in [2.05, 4.69) is 4.98 Å². The van der Waals surface area contributed by atoms with Crippen LogP contribution in [0, 0.1) is 25.1 Å². The second kappa shape index (κ2) is 5.67. The molecule has 1 N–H and O–H groups in total. The van der Waals surface area contributed by atoms with Crippen molar-refractivity contribution in [2.24, 2.45) is 5.41 Å². The van der Waals surface area contributed by atoms with Crippen LogP contribution in [0.2, 0.25) is 0 Å². The first-order chi connectivity index (χ1) is 10.2. The summed E-state index contributed by atoms with van der Waals surface area (Å²) in [6.07, 6.45) is 1.11. The lowest BCUT2D eigenvalue weighted by Crippen LogP contribution is -2.27. The number of carbonyl (C=O) groups is 1. The highest BCUT2D eigenvalue weighted by molar-refractivity contribution is 5.85. The van der Waals surface area contributed by atoms with E-state index in [-0.39, 0.29) is 5.82 Å². The summed E-state index contributed by atoms with van der Waals surface area (Å²) in [7, 11) is 0. The Morgan fingerprint density at radius 1 is 1.32 bits per heavy atom. The molecule has 0 amide bonds. The Hall–Kier alpha value is -1.97. The second-order valence-corrected chi connectivity index (χ2v) is 6.50. The number of aromatic nitrogens is 1. The Labute approximate surface area is 130 Å². The SMILES string of the molecule is CCc1nc2cc(C)c(F)cc2c(CC(C)(C)C(=O)O)c1C. The van der Waals surface area contributed by atoms with Crippen molar-refractivity contribution in [2.45, 2.75) is 47.5 Å². The molecule has 118 valence electrons. The van der Waals surface area contributed by atoms with E-state index >= 15 is 0 Å². The van der Waals surface area contributed by atoms with Crippen molar-refractivity contribution in [3.63, 3.8) is 0 Å². The highest BCUT2D eigenvalue weighted by atomic mass is 19.1. The van der Waals surface area contributed by atoms with Crippen LogP contribution in [0.15, 0.2) is 12.1 Å². The number of hydrogen-bond donors (Lipinski definition) is 1. The lowest BCUT2D eigenvalue weighted by Gasteiger charge is -2.23. The Morgan fingerprint density at radius 2 is 1.95 bits per heavy atom. The maximum absolute atomic E-state index is 14.0. The Kier molecular flexibility index (Phi) is 4.23. The second-order valence-electron chi connectivity index (χ2n) is 6.50. The molecule has 4 heteroatoms. The number of halogens is 1. The van der Waals surface area contributed by atoms with E-state index in [0.29, 0.717) is 17.4 Å². The van der Waals surface area contributed by atoms with E-state index in [4.69, 9.17) is 0 Å². The fourth-order valence-corrected chi connectivity index (χ4v) is 2.70. The molecular weight excluding hydrogens is 281 g/mol. The van der Waals surface area contributed by atoms with Gasteiger partial charge >= 0.3 is 5.97 Å². The van der Waals surface area contributed by atoms with Crippen LogP contribution >= 0.6 is 0 Å². The molecule has 2 rings (SSSR count). The first kappa shape index (κ1) is 16.4. The smallest absolute Gasteiger partial charge is 0.309 e. The number of aryl methyl sites for hydroxylation is 2. The Morgan fingerprint density at radius 3 is 2.50 bits per heavy atom. The van der Waals surface area contributed by atoms with Gasteiger partial charge in [0, 0.05) is 11.1 Å². The molecule has 0 radical (unpaired) electrons. The summed E-state index contributed by atoms with van der Waals surface area (Å²) in [4.78, 5) is 16.1. The number of fused-ring (bicyclic) bond motifs is 1. The van der Waals surface area contributed by atoms with Gasteiger partial charge in [-0.3, -0.25) is 9.78 Å². The first-order valence-electron chi connectivity index (χ1n) is 7.49. The standard InChI is InChI=1S/C18H22FNO2/c1-6-15-11(3)13(9-18(4,5)17(21)22)12-8-14(19)10(2)7-16(12)20-15/h7-8H,6,9H2,1-5H3,(H,21,22). The summed E-state index contributed by atoms with van der Waals surface area (Å²) in [6, 6.07) is 3.22. The molecule has 0 aliphatic rings.